The average molecular weight is 391 g/mol. The Kier molecular flexibility index (Phi) is 3.44. The summed E-state index contributed by atoms with van der Waals surface area (Å²) in [6.45, 7) is 6.25. The first-order valence-electron chi connectivity index (χ1n) is 10.1. The lowest BCUT2D eigenvalue weighted by Crippen LogP contribution is -2.61. The third-order valence-corrected chi connectivity index (χ3v) is 9.27. The van der Waals surface area contributed by atoms with E-state index in [0.717, 1.165) is 12.8 Å². The predicted octanol–water partition coefficient (Wildman–Crippen LogP) is 3.21. The number of halogens is 1. The number of Topliss-reactive ketones (excluding diaryl/α,β-unsaturated/α-hetero) is 1. The standard InChI is InChI=1S/C22H27ClO4/c1-12-8-16-15-5-4-13-9-14(24)6-7-19(13,2)22(15)18(27-22)10-20(16,3)21(12,26)17(25)11-23/h4,6-7,12,15-16,18,26H,5,8-11H2,1-3H3/t12-,15+,16+,18+,19+,20+,21+,22-/m1/s1. The van der Waals surface area contributed by atoms with E-state index in [1.54, 1.807) is 6.08 Å². The number of hydrogen-bond donors (Lipinski definition) is 1. The normalized spacial score (nSPS) is 55.1. The molecule has 4 nitrogen and oxygen atoms in total. The Morgan fingerprint density at radius 2 is 2.11 bits per heavy atom. The highest BCUT2D eigenvalue weighted by molar-refractivity contribution is 6.29. The molecule has 27 heavy (non-hydrogen) atoms. The minimum Gasteiger partial charge on any atom is -0.381 e. The third-order valence-electron chi connectivity index (χ3n) is 9.02. The molecule has 1 aliphatic heterocycles. The first-order chi connectivity index (χ1) is 12.6. The number of rotatable bonds is 2. The van der Waals surface area contributed by atoms with Crippen LogP contribution in [0.2, 0.25) is 0 Å². The van der Waals surface area contributed by atoms with Crippen molar-refractivity contribution in [2.45, 2.75) is 63.8 Å². The fourth-order valence-electron chi connectivity index (χ4n) is 7.59. The quantitative estimate of drug-likeness (QED) is 0.446. The lowest BCUT2D eigenvalue weighted by atomic mass is 9.47. The highest BCUT2D eigenvalue weighted by Gasteiger charge is 2.81. The first-order valence-corrected chi connectivity index (χ1v) is 10.6. The van der Waals surface area contributed by atoms with Crippen LogP contribution in [0.5, 0.6) is 0 Å². The van der Waals surface area contributed by atoms with Crippen molar-refractivity contribution in [3.05, 3.63) is 23.8 Å². The smallest absolute Gasteiger partial charge is 0.179 e. The van der Waals surface area contributed by atoms with Gasteiger partial charge in [0.1, 0.15) is 11.2 Å². The minimum atomic E-state index is -1.39. The summed E-state index contributed by atoms with van der Waals surface area (Å²) < 4.78 is 6.46. The van der Waals surface area contributed by atoms with Crippen molar-refractivity contribution in [3.8, 4) is 0 Å². The molecule has 5 rings (SSSR count). The first kappa shape index (κ1) is 18.1. The van der Waals surface area contributed by atoms with Gasteiger partial charge in [0.25, 0.3) is 0 Å². The molecule has 0 unspecified atom stereocenters. The number of ether oxygens (including phenoxy) is 1. The van der Waals surface area contributed by atoms with E-state index in [2.05, 4.69) is 19.9 Å². The summed E-state index contributed by atoms with van der Waals surface area (Å²) in [5.74, 6) is 0.0718. The largest absolute Gasteiger partial charge is 0.381 e. The molecule has 0 radical (unpaired) electrons. The van der Waals surface area contributed by atoms with E-state index in [4.69, 9.17) is 16.3 Å². The molecular formula is C22H27ClO4. The van der Waals surface area contributed by atoms with Gasteiger partial charge in [-0.3, -0.25) is 9.59 Å². The fourth-order valence-corrected chi connectivity index (χ4v) is 7.79. The van der Waals surface area contributed by atoms with Crippen LogP contribution in [0.15, 0.2) is 23.8 Å². The SMILES string of the molecule is C[C@@H]1C[C@H]2[C@@H]3CC=C4CC(=O)C=C[C@]4(C)[C@@]34O[C@H]4C[C@]2(C)[C@@]1(O)C(=O)CCl. The summed E-state index contributed by atoms with van der Waals surface area (Å²) in [6.07, 6.45) is 8.80. The summed E-state index contributed by atoms with van der Waals surface area (Å²) in [4.78, 5) is 24.7. The maximum absolute atomic E-state index is 12.7. The van der Waals surface area contributed by atoms with Crippen molar-refractivity contribution in [1.29, 1.82) is 0 Å². The van der Waals surface area contributed by atoms with Crippen LogP contribution in [0.4, 0.5) is 0 Å². The number of alkyl halides is 1. The molecule has 0 aromatic heterocycles. The fraction of sp³-hybridized carbons (Fsp3) is 0.727. The van der Waals surface area contributed by atoms with Crippen LogP contribution < -0.4 is 0 Å². The van der Waals surface area contributed by atoms with Gasteiger partial charge in [-0.2, -0.15) is 0 Å². The summed E-state index contributed by atoms with van der Waals surface area (Å²) in [7, 11) is 0. The van der Waals surface area contributed by atoms with E-state index in [9.17, 15) is 14.7 Å². The Morgan fingerprint density at radius 1 is 1.37 bits per heavy atom. The second-order valence-electron chi connectivity index (χ2n) is 9.84. The van der Waals surface area contributed by atoms with E-state index in [-0.39, 0.29) is 52.3 Å². The molecule has 1 N–H and O–H groups in total. The number of carbonyl (C=O) groups excluding carboxylic acids is 2. The van der Waals surface area contributed by atoms with Gasteiger partial charge in [0.05, 0.1) is 12.0 Å². The molecule has 5 aliphatic rings. The number of fused-ring (bicyclic) bond motifs is 3. The van der Waals surface area contributed by atoms with Crippen LogP contribution >= 0.6 is 11.6 Å². The Bertz CT molecular complexity index is 817. The van der Waals surface area contributed by atoms with Crippen molar-refractivity contribution in [2.75, 3.05) is 5.88 Å². The second kappa shape index (κ2) is 5.14. The van der Waals surface area contributed by atoms with E-state index in [1.807, 2.05) is 13.0 Å². The number of aliphatic hydroxyl groups is 1. The molecule has 1 saturated heterocycles. The Hall–Kier alpha value is -0.970. The maximum Gasteiger partial charge on any atom is 0.179 e. The molecule has 0 aromatic rings. The Morgan fingerprint density at radius 3 is 2.81 bits per heavy atom. The van der Waals surface area contributed by atoms with Crippen molar-refractivity contribution < 1.29 is 19.4 Å². The third kappa shape index (κ3) is 1.79. The Balaban J connectivity index is 1.61. The Labute approximate surface area is 165 Å². The monoisotopic (exact) mass is 390 g/mol. The predicted molar refractivity (Wildman–Crippen MR) is 101 cm³/mol. The van der Waals surface area contributed by atoms with Gasteiger partial charge in [0, 0.05) is 17.3 Å². The van der Waals surface area contributed by atoms with Crippen molar-refractivity contribution in [2.24, 2.45) is 28.6 Å². The zero-order valence-corrected chi connectivity index (χ0v) is 16.9. The lowest BCUT2D eigenvalue weighted by Gasteiger charge is -2.54. The molecule has 3 fully saturated rings. The van der Waals surface area contributed by atoms with Gasteiger partial charge in [0.15, 0.2) is 11.6 Å². The van der Waals surface area contributed by atoms with E-state index >= 15 is 0 Å². The summed E-state index contributed by atoms with van der Waals surface area (Å²) in [5, 5.41) is 11.6. The summed E-state index contributed by atoms with van der Waals surface area (Å²) in [5.41, 5.74) is -1.30. The van der Waals surface area contributed by atoms with Crippen LogP contribution in [-0.2, 0) is 14.3 Å². The molecule has 1 spiro atoms. The van der Waals surface area contributed by atoms with Gasteiger partial charge in [-0.1, -0.05) is 31.6 Å². The van der Waals surface area contributed by atoms with Crippen LogP contribution in [0.1, 0.15) is 46.5 Å². The zero-order valence-electron chi connectivity index (χ0n) is 16.1. The molecule has 8 atom stereocenters. The van der Waals surface area contributed by atoms with Gasteiger partial charge >= 0.3 is 0 Å². The molecule has 0 bridgehead atoms. The maximum atomic E-state index is 12.7. The molecule has 0 aromatic carbocycles. The second-order valence-corrected chi connectivity index (χ2v) is 10.1. The molecule has 146 valence electrons. The van der Waals surface area contributed by atoms with Crippen molar-refractivity contribution >= 4 is 23.2 Å². The summed E-state index contributed by atoms with van der Waals surface area (Å²) >= 11 is 5.90. The van der Waals surface area contributed by atoms with Gasteiger partial charge in [0.2, 0.25) is 0 Å². The number of allylic oxidation sites excluding steroid dienone is 2. The summed E-state index contributed by atoms with van der Waals surface area (Å²) in [6, 6.07) is 0. The molecule has 0 amide bonds. The van der Waals surface area contributed by atoms with Gasteiger partial charge in [-0.05, 0) is 50.0 Å². The number of hydrogen-bond acceptors (Lipinski definition) is 4. The molecule has 5 heteroatoms. The zero-order chi connectivity index (χ0) is 19.4. The van der Waals surface area contributed by atoms with Gasteiger partial charge < -0.3 is 9.84 Å². The highest BCUT2D eigenvalue weighted by atomic mass is 35.5. The van der Waals surface area contributed by atoms with Gasteiger partial charge in [-0.15, -0.1) is 11.6 Å². The van der Waals surface area contributed by atoms with Crippen LogP contribution in [0, 0.1) is 28.6 Å². The van der Waals surface area contributed by atoms with Crippen LogP contribution in [-0.4, -0.2) is 39.9 Å². The number of epoxide rings is 1. The van der Waals surface area contributed by atoms with Crippen LogP contribution in [0.25, 0.3) is 0 Å². The lowest BCUT2D eigenvalue weighted by molar-refractivity contribution is -0.159. The average Bonchev–Trinajstić information content (AvgIpc) is 3.31. The highest BCUT2D eigenvalue weighted by Crippen LogP contribution is 2.75. The number of ketones is 2. The van der Waals surface area contributed by atoms with E-state index < -0.39 is 11.0 Å². The molecule has 1 heterocycles. The van der Waals surface area contributed by atoms with Crippen molar-refractivity contribution in [3.63, 3.8) is 0 Å². The topological polar surface area (TPSA) is 66.9 Å². The molecule has 4 aliphatic carbocycles. The molecule has 2 saturated carbocycles. The molecular weight excluding hydrogens is 364 g/mol. The van der Waals surface area contributed by atoms with E-state index in [1.165, 1.54) is 5.57 Å². The van der Waals surface area contributed by atoms with Crippen LogP contribution in [0.3, 0.4) is 0 Å². The number of carbonyl (C=O) groups is 2. The minimum absolute atomic E-state index is 0.00949. The van der Waals surface area contributed by atoms with Crippen molar-refractivity contribution in [1.82, 2.24) is 0 Å². The van der Waals surface area contributed by atoms with E-state index in [0.29, 0.717) is 12.8 Å². The van der Waals surface area contributed by atoms with Gasteiger partial charge in [-0.25, -0.2) is 0 Å².